The highest BCUT2D eigenvalue weighted by Crippen LogP contribution is 2.24. The largest absolute Gasteiger partial charge is 0.361 e. The fourth-order valence-electron chi connectivity index (χ4n) is 5.55. The molecule has 8 heteroatoms. The van der Waals surface area contributed by atoms with Gasteiger partial charge in [0.2, 0.25) is 11.8 Å². The van der Waals surface area contributed by atoms with E-state index in [2.05, 4.69) is 27.3 Å². The van der Waals surface area contributed by atoms with Gasteiger partial charge in [-0.2, -0.15) is 0 Å². The highest BCUT2D eigenvalue weighted by molar-refractivity contribution is 5.95. The number of aromatic nitrogens is 3. The van der Waals surface area contributed by atoms with Gasteiger partial charge in [0.25, 0.3) is 0 Å². The number of hydrogen-bond acceptors (Lipinski definition) is 6. The topological polar surface area (TPSA) is 92.4 Å². The van der Waals surface area contributed by atoms with E-state index in [4.69, 9.17) is 4.52 Å². The number of amides is 2. The van der Waals surface area contributed by atoms with E-state index in [9.17, 15) is 9.59 Å². The van der Waals surface area contributed by atoms with Gasteiger partial charge >= 0.3 is 0 Å². The number of fused-ring (bicyclic) bond motifs is 1. The van der Waals surface area contributed by atoms with Crippen molar-refractivity contribution in [2.24, 2.45) is 0 Å². The second-order valence-electron chi connectivity index (χ2n) is 10.9. The molecule has 220 valence electrons. The van der Waals surface area contributed by atoms with Crippen LogP contribution in [-0.2, 0) is 35.5 Å². The maximum atomic E-state index is 14.4. The van der Waals surface area contributed by atoms with Gasteiger partial charge in [-0.05, 0) is 41.7 Å². The molecule has 6 rings (SSSR count). The zero-order valence-electron chi connectivity index (χ0n) is 24.5. The highest BCUT2D eigenvalue weighted by atomic mass is 16.5. The Balaban J connectivity index is 1.34. The average molecular weight is 584 g/mol. The lowest BCUT2D eigenvalue weighted by Gasteiger charge is -2.36. The molecule has 0 saturated carbocycles. The maximum absolute atomic E-state index is 14.4. The van der Waals surface area contributed by atoms with Crippen molar-refractivity contribution in [1.82, 2.24) is 24.9 Å². The van der Waals surface area contributed by atoms with Crippen LogP contribution in [0, 0.1) is 6.92 Å². The molecule has 2 amide bonds. The zero-order chi connectivity index (χ0) is 30.3. The van der Waals surface area contributed by atoms with Crippen LogP contribution in [0.2, 0.25) is 0 Å². The van der Waals surface area contributed by atoms with Gasteiger partial charge in [-0.3, -0.25) is 19.6 Å². The molecule has 1 aliphatic heterocycles. The minimum absolute atomic E-state index is 0.0708. The van der Waals surface area contributed by atoms with Gasteiger partial charge in [-0.15, -0.1) is 0 Å². The molecule has 0 fully saturated rings. The minimum atomic E-state index is -0.724. The van der Waals surface area contributed by atoms with Gasteiger partial charge in [0.15, 0.2) is 0 Å². The van der Waals surface area contributed by atoms with E-state index in [1.165, 1.54) is 11.6 Å². The summed E-state index contributed by atoms with van der Waals surface area (Å²) in [5, 5.41) is 3.99. The van der Waals surface area contributed by atoms with Crippen molar-refractivity contribution >= 4 is 17.9 Å². The van der Waals surface area contributed by atoms with E-state index in [0.29, 0.717) is 31.0 Å². The molecule has 5 aromatic rings. The predicted octanol–water partition coefficient (Wildman–Crippen LogP) is 5.68. The number of rotatable bonds is 9. The molecule has 3 aromatic carbocycles. The summed E-state index contributed by atoms with van der Waals surface area (Å²) in [6, 6.07) is 27.0. The molecule has 0 N–H and O–H groups in total. The van der Waals surface area contributed by atoms with Crippen LogP contribution in [-0.4, -0.2) is 49.3 Å². The second kappa shape index (κ2) is 13.3. The average Bonchev–Trinajstić information content (AvgIpc) is 3.50. The quantitative estimate of drug-likeness (QED) is 0.208. The van der Waals surface area contributed by atoms with Crippen molar-refractivity contribution in [3.05, 3.63) is 143 Å². The first-order valence-corrected chi connectivity index (χ1v) is 14.7. The number of carbonyl (C=O) groups excluding carboxylic acids is 2. The third kappa shape index (κ3) is 6.81. The Bertz CT molecular complexity index is 1750. The molecule has 8 nitrogen and oxygen atoms in total. The predicted molar refractivity (Wildman–Crippen MR) is 168 cm³/mol. The molecule has 2 aromatic heterocycles. The van der Waals surface area contributed by atoms with E-state index in [-0.39, 0.29) is 18.4 Å². The van der Waals surface area contributed by atoms with E-state index < -0.39 is 6.04 Å². The number of carbonyl (C=O) groups is 2. The molecule has 0 bridgehead atoms. The third-order valence-corrected chi connectivity index (χ3v) is 7.87. The summed E-state index contributed by atoms with van der Waals surface area (Å²) in [6.07, 6.45) is 9.28. The molecule has 0 spiro atoms. The Labute approximate surface area is 256 Å². The first-order valence-electron chi connectivity index (χ1n) is 14.7. The Hall–Kier alpha value is -5.37. The van der Waals surface area contributed by atoms with Crippen LogP contribution in [0.3, 0.4) is 0 Å². The van der Waals surface area contributed by atoms with Gasteiger partial charge < -0.3 is 14.3 Å². The van der Waals surface area contributed by atoms with Gasteiger partial charge in [0.1, 0.15) is 17.5 Å². The SMILES string of the molecule is Cc1cc(/C=C/C(=O)N(Cc2ccc(-c3cnccn3)cc2)[C@@H](Cc2ccccc2)C(=O)N2CCc3ccccc3C2)no1. The summed E-state index contributed by atoms with van der Waals surface area (Å²) in [5.74, 6) is 0.300. The summed E-state index contributed by atoms with van der Waals surface area (Å²) in [6.45, 7) is 3.16. The summed E-state index contributed by atoms with van der Waals surface area (Å²) < 4.78 is 5.18. The van der Waals surface area contributed by atoms with Crippen LogP contribution in [0.25, 0.3) is 17.3 Å². The number of benzene rings is 3. The van der Waals surface area contributed by atoms with Crippen LogP contribution in [0.15, 0.2) is 114 Å². The monoisotopic (exact) mass is 583 g/mol. The standard InChI is InChI=1S/C36H33N5O3/c1-26-21-32(39-44-26)15-16-35(42)41(24-28-11-13-30(14-12-28)33-23-37-18-19-38-33)34(22-27-7-3-2-4-8-27)36(43)40-20-17-29-9-5-6-10-31(29)25-40/h2-16,18-19,21,23,34H,17,20,22,24-25H2,1H3/b16-15+/t34-/m0/s1. The van der Waals surface area contributed by atoms with Crippen molar-refractivity contribution in [3.8, 4) is 11.3 Å². The van der Waals surface area contributed by atoms with Crippen LogP contribution in [0.1, 0.15) is 33.7 Å². The summed E-state index contributed by atoms with van der Waals surface area (Å²) in [4.78, 5) is 40.6. The van der Waals surface area contributed by atoms with Gasteiger partial charge in [-0.25, -0.2) is 0 Å². The zero-order valence-corrected chi connectivity index (χ0v) is 24.5. The van der Waals surface area contributed by atoms with Gasteiger partial charge in [-0.1, -0.05) is 84.0 Å². The normalized spacial score (nSPS) is 13.4. The lowest BCUT2D eigenvalue weighted by atomic mass is 9.97. The molecule has 0 saturated heterocycles. The van der Waals surface area contributed by atoms with Crippen LogP contribution < -0.4 is 0 Å². The molecule has 1 atom stereocenters. The van der Waals surface area contributed by atoms with Gasteiger partial charge in [0, 0.05) is 56.2 Å². The second-order valence-corrected chi connectivity index (χ2v) is 10.9. The number of hydrogen-bond donors (Lipinski definition) is 0. The van der Waals surface area contributed by atoms with Crippen molar-refractivity contribution in [2.45, 2.75) is 38.9 Å². The molecule has 44 heavy (non-hydrogen) atoms. The van der Waals surface area contributed by atoms with Crippen LogP contribution in [0.4, 0.5) is 0 Å². The van der Waals surface area contributed by atoms with E-state index in [1.807, 2.05) is 71.6 Å². The fourth-order valence-corrected chi connectivity index (χ4v) is 5.55. The number of nitrogens with zero attached hydrogens (tertiary/aromatic N) is 5. The van der Waals surface area contributed by atoms with Crippen LogP contribution >= 0.6 is 0 Å². The molecule has 0 radical (unpaired) electrons. The molecule has 3 heterocycles. The molecule has 0 unspecified atom stereocenters. The third-order valence-electron chi connectivity index (χ3n) is 7.87. The van der Waals surface area contributed by atoms with Crippen molar-refractivity contribution < 1.29 is 14.1 Å². The smallest absolute Gasteiger partial charge is 0.247 e. The first kappa shape index (κ1) is 28.7. The van der Waals surface area contributed by atoms with E-state index in [1.54, 1.807) is 42.6 Å². The van der Waals surface area contributed by atoms with Crippen LogP contribution in [0.5, 0.6) is 0 Å². The first-order chi connectivity index (χ1) is 21.5. The molecule has 0 aliphatic carbocycles. The van der Waals surface area contributed by atoms with Crippen molar-refractivity contribution in [3.63, 3.8) is 0 Å². The minimum Gasteiger partial charge on any atom is -0.361 e. The molecular weight excluding hydrogens is 550 g/mol. The highest BCUT2D eigenvalue weighted by Gasteiger charge is 2.34. The fraction of sp³-hybridized carbons (Fsp3) is 0.194. The van der Waals surface area contributed by atoms with Crippen molar-refractivity contribution in [2.75, 3.05) is 6.54 Å². The summed E-state index contributed by atoms with van der Waals surface area (Å²) in [5.41, 5.74) is 6.51. The Morgan fingerprint density at radius 1 is 0.955 bits per heavy atom. The number of aryl methyl sites for hydroxylation is 1. The lowest BCUT2D eigenvalue weighted by Crippen LogP contribution is -2.52. The maximum Gasteiger partial charge on any atom is 0.247 e. The lowest BCUT2D eigenvalue weighted by molar-refractivity contribution is -0.144. The summed E-state index contributed by atoms with van der Waals surface area (Å²) >= 11 is 0. The van der Waals surface area contributed by atoms with Gasteiger partial charge in [0.05, 0.1) is 11.9 Å². The Kier molecular flexibility index (Phi) is 8.68. The van der Waals surface area contributed by atoms with E-state index in [0.717, 1.165) is 34.4 Å². The Morgan fingerprint density at radius 2 is 1.73 bits per heavy atom. The van der Waals surface area contributed by atoms with E-state index >= 15 is 0 Å². The Morgan fingerprint density at radius 3 is 2.45 bits per heavy atom. The molecular formula is C36H33N5O3. The molecule has 1 aliphatic rings. The van der Waals surface area contributed by atoms with Crippen molar-refractivity contribution in [1.29, 1.82) is 0 Å². The summed E-state index contributed by atoms with van der Waals surface area (Å²) in [7, 11) is 0.